The number of hydrogen-bond donors (Lipinski definition) is 1. The van der Waals surface area contributed by atoms with Crippen LogP contribution in [0.15, 0.2) is 36.4 Å². The zero-order chi connectivity index (χ0) is 23.7. The van der Waals surface area contributed by atoms with Crippen LogP contribution in [0.1, 0.15) is 46.0 Å². The molecule has 0 saturated carbocycles. The molecule has 1 unspecified atom stereocenters. The zero-order valence-corrected chi connectivity index (χ0v) is 19.2. The Bertz CT molecular complexity index is 1090. The molecule has 0 aromatic heterocycles. The predicted octanol–water partition coefficient (Wildman–Crippen LogP) is 2.43. The first kappa shape index (κ1) is 22.8. The molecule has 2 heterocycles. The van der Waals surface area contributed by atoms with Crippen molar-refractivity contribution in [2.75, 3.05) is 32.2 Å². The van der Waals surface area contributed by atoms with Crippen LogP contribution in [-0.2, 0) is 11.2 Å². The van der Waals surface area contributed by atoms with Gasteiger partial charge in [0.2, 0.25) is 5.91 Å². The first-order valence-corrected chi connectivity index (χ1v) is 11.1. The van der Waals surface area contributed by atoms with Gasteiger partial charge in [0.1, 0.15) is 11.5 Å². The van der Waals surface area contributed by atoms with Crippen molar-refractivity contribution >= 4 is 23.3 Å². The number of nitrogens with two attached hydrogens (primary N) is 1. The summed E-state index contributed by atoms with van der Waals surface area (Å²) in [5.41, 5.74) is 8.98. The molecule has 0 radical (unpaired) electrons. The molecule has 1 atom stereocenters. The number of hydrogen-bond acceptors (Lipinski definition) is 6. The van der Waals surface area contributed by atoms with Gasteiger partial charge in [0, 0.05) is 36.4 Å². The molecule has 2 aliphatic rings. The number of methoxy groups -OCH3 is 2. The number of benzene rings is 2. The number of rotatable bonds is 5. The van der Waals surface area contributed by atoms with Crippen molar-refractivity contribution in [3.8, 4) is 11.5 Å². The molecular weight excluding hydrogens is 422 g/mol. The largest absolute Gasteiger partial charge is 0.497 e. The summed E-state index contributed by atoms with van der Waals surface area (Å²) >= 11 is 0. The highest BCUT2D eigenvalue weighted by molar-refractivity contribution is 6.02. The lowest BCUT2D eigenvalue weighted by Gasteiger charge is -2.42. The quantitative estimate of drug-likeness (QED) is 0.701. The Morgan fingerprint density at radius 3 is 2.39 bits per heavy atom. The van der Waals surface area contributed by atoms with Gasteiger partial charge in [-0.25, -0.2) is 0 Å². The third-order valence-electron chi connectivity index (χ3n) is 6.50. The van der Waals surface area contributed by atoms with Crippen LogP contribution in [0.25, 0.3) is 0 Å². The summed E-state index contributed by atoms with van der Waals surface area (Å²) in [4.78, 5) is 41.5. The van der Waals surface area contributed by atoms with E-state index in [0.717, 1.165) is 11.3 Å². The molecule has 0 aliphatic carbocycles. The third-order valence-corrected chi connectivity index (χ3v) is 6.50. The molecule has 2 amide bonds. The van der Waals surface area contributed by atoms with E-state index in [0.29, 0.717) is 55.0 Å². The van der Waals surface area contributed by atoms with Crippen molar-refractivity contribution in [2.24, 2.45) is 5.73 Å². The standard InChI is InChI=1S/C25H29N3O5/c1-15(29)16-4-7-22-17(12-16)13-21(26)25(31)28(22)18-8-10-27(11-9-18)24(30)20-6-5-19(32-2)14-23(20)33-3/h4-7,12,14,18,21H,8-11,13,26H2,1-3H3. The lowest BCUT2D eigenvalue weighted by atomic mass is 9.91. The van der Waals surface area contributed by atoms with Crippen molar-refractivity contribution in [3.05, 3.63) is 53.1 Å². The van der Waals surface area contributed by atoms with Gasteiger partial charge in [-0.05, 0) is 62.1 Å². The van der Waals surface area contributed by atoms with Crippen LogP contribution in [-0.4, -0.2) is 61.9 Å². The molecule has 1 saturated heterocycles. The van der Waals surface area contributed by atoms with Gasteiger partial charge >= 0.3 is 0 Å². The second-order valence-electron chi connectivity index (χ2n) is 8.51. The molecule has 1 fully saturated rings. The summed E-state index contributed by atoms with van der Waals surface area (Å²) < 4.78 is 10.6. The Kier molecular flexibility index (Phi) is 6.37. The van der Waals surface area contributed by atoms with E-state index in [1.807, 2.05) is 12.1 Å². The molecule has 2 N–H and O–H groups in total. The second-order valence-corrected chi connectivity index (χ2v) is 8.51. The van der Waals surface area contributed by atoms with Gasteiger partial charge in [-0.1, -0.05) is 0 Å². The van der Waals surface area contributed by atoms with E-state index < -0.39 is 6.04 Å². The maximum atomic E-state index is 13.2. The first-order valence-electron chi connectivity index (χ1n) is 11.1. The highest BCUT2D eigenvalue weighted by atomic mass is 16.5. The lowest BCUT2D eigenvalue weighted by Crippen LogP contribution is -2.56. The normalized spacial score (nSPS) is 18.7. The van der Waals surface area contributed by atoms with E-state index in [9.17, 15) is 14.4 Å². The molecule has 0 spiro atoms. The Balaban J connectivity index is 1.52. The van der Waals surface area contributed by atoms with E-state index in [2.05, 4.69) is 0 Å². The zero-order valence-electron chi connectivity index (χ0n) is 19.2. The average molecular weight is 452 g/mol. The maximum absolute atomic E-state index is 13.2. The number of anilines is 1. The van der Waals surface area contributed by atoms with Crippen molar-refractivity contribution < 1.29 is 23.9 Å². The highest BCUT2D eigenvalue weighted by Crippen LogP contribution is 2.34. The minimum atomic E-state index is -0.636. The maximum Gasteiger partial charge on any atom is 0.257 e. The van der Waals surface area contributed by atoms with Gasteiger partial charge in [0.25, 0.3) is 5.91 Å². The van der Waals surface area contributed by atoms with E-state index >= 15 is 0 Å². The van der Waals surface area contributed by atoms with Crippen LogP contribution in [0.3, 0.4) is 0 Å². The van der Waals surface area contributed by atoms with Gasteiger partial charge in [0.15, 0.2) is 5.78 Å². The summed E-state index contributed by atoms with van der Waals surface area (Å²) in [5, 5.41) is 0. The van der Waals surface area contributed by atoms with Crippen molar-refractivity contribution in [2.45, 2.75) is 38.3 Å². The second kappa shape index (κ2) is 9.23. The summed E-state index contributed by atoms with van der Waals surface area (Å²) in [6.07, 6.45) is 1.69. The number of likely N-dealkylation sites (tertiary alicyclic amines) is 1. The number of fused-ring (bicyclic) bond motifs is 1. The van der Waals surface area contributed by atoms with Crippen LogP contribution in [0.2, 0.25) is 0 Å². The van der Waals surface area contributed by atoms with Gasteiger partial charge < -0.3 is 25.0 Å². The highest BCUT2D eigenvalue weighted by Gasteiger charge is 2.37. The number of ether oxygens (including phenoxy) is 2. The minimum absolute atomic E-state index is 0.0180. The number of nitrogens with zero attached hydrogens (tertiary/aromatic N) is 2. The fraction of sp³-hybridized carbons (Fsp3) is 0.400. The Morgan fingerprint density at radius 2 is 1.76 bits per heavy atom. The fourth-order valence-electron chi connectivity index (χ4n) is 4.67. The lowest BCUT2D eigenvalue weighted by molar-refractivity contribution is -0.120. The minimum Gasteiger partial charge on any atom is -0.497 e. The molecule has 4 rings (SSSR count). The monoisotopic (exact) mass is 451 g/mol. The van der Waals surface area contributed by atoms with E-state index in [1.54, 1.807) is 41.2 Å². The summed E-state index contributed by atoms with van der Waals surface area (Å²) in [7, 11) is 3.09. The Labute approximate surface area is 193 Å². The van der Waals surface area contributed by atoms with E-state index in [4.69, 9.17) is 15.2 Å². The molecule has 8 heteroatoms. The van der Waals surface area contributed by atoms with Crippen LogP contribution in [0.5, 0.6) is 11.5 Å². The molecule has 174 valence electrons. The van der Waals surface area contributed by atoms with Gasteiger partial charge in [-0.15, -0.1) is 0 Å². The number of ketones is 1. The molecule has 8 nitrogen and oxygen atoms in total. The third kappa shape index (κ3) is 4.30. The van der Waals surface area contributed by atoms with Crippen molar-refractivity contribution in [3.63, 3.8) is 0 Å². The molecule has 2 aromatic carbocycles. The summed E-state index contributed by atoms with van der Waals surface area (Å²) in [6.45, 7) is 2.55. The number of amides is 2. The van der Waals surface area contributed by atoms with Gasteiger partial charge in [0.05, 0.1) is 25.8 Å². The smallest absolute Gasteiger partial charge is 0.257 e. The van der Waals surface area contributed by atoms with E-state index in [-0.39, 0.29) is 23.6 Å². The average Bonchev–Trinajstić information content (AvgIpc) is 2.83. The number of carbonyl (C=O) groups is 3. The topological polar surface area (TPSA) is 102 Å². The SMILES string of the molecule is COc1ccc(C(=O)N2CCC(N3C(=O)C(N)Cc4cc(C(C)=O)ccc43)CC2)c(OC)c1. The molecular formula is C25H29N3O5. The summed E-state index contributed by atoms with van der Waals surface area (Å²) in [5.74, 6) is 0.846. The van der Waals surface area contributed by atoms with Crippen LogP contribution < -0.4 is 20.1 Å². The van der Waals surface area contributed by atoms with Crippen LogP contribution >= 0.6 is 0 Å². The van der Waals surface area contributed by atoms with Crippen LogP contribution in [0, 0.1) is 0 Å². The predicted molar refractivity (Wildman–Crippen MR) is 124 cm³/mol. The number of Topliss-reactive ketones (excluding diaryl/α,β-unsaturated/α-hetero) is 1. The fourth-order valence-corrected chi connectivity index (χ4v) is 4.67. The number of piperidine rings is 1. The Morgan fingerprint density at radius 1 is 1.03 bits per heavy atom. The van der Waals surface area contributed by atoms with Gasteiger partial charge in [-0.3, -0.25) is 14.4 Å². The van der Waals surface area contributed by atoms with Crippen molar-refractivity contribution in [1.29, 1.82) is 0 Å². The van der Waals surface area contributed by atoms with Gasteiger partial charge in [-0.2, -0.15) is 0 Å². The molecule has 2 aliphatic heterocycles. The molecule has 33 heavy (non-hydrogen) atoms. The Hall–Kier alpha value is -3.39. The number of carbonyl (C=O) groups excluding carboxylic acids is 3. The molecule has 2 aromatic rings. The first-order chi connectivity index (χ1) is 15.8. The van der Waals surface area contributed by atoms with E-state index in [1.165, 1.54) is 14.0 Å². The van der Waals surface area contributed by atoms with Crippen LogP contribution in [0.4, 0.5) is 5.69 Å². The summed E-state index contributed by atoms with van der Waals surface area (Å²) in [6, 6.07) is 9.88. The molecule has 0 bridgehead atoms. The van der Waals surface area contributed by atoms with Crippen molar-refractivity contribution in [1.82, 2.24) is 4.90 Å².